The highest BCUT2D eigenvalue weighted by atomic mass is 32.1. The molecule has 17 heavy (non-hydrogen) atoms. The Morgan fingerprint density at radius 1 is 1.47 bits per heavy atom. The van der Waals surface area contributed by atoms with Crippen molar-refractivity contribution in [1.29, 1.82) is 0 Å². The summed E-state index contributed by atoms with van der Waals surface area (Å²) in [6.07, 6.45) is 1.73. The number of nitrogens with one attached hydrogen (secondary N) is 1. The minimum atomic E-state index is -0.0861. The fourth-order valence-corrected chi connectivity index (χ4v) is 3.04. The highest BCUT2D eigenvalue weighted by Crippen LogP contribution is 2.30. The molecule has 3 rings (SSSR count). The van der Waals surface area contributed by atoms with E-state index in [9.17, 15) is 5.11 Å². The Balaban J connectivity index is 1.68. The second-order valence-corrected chi connectivity index (χ2v) is 5.65. The van der Waals surface area contributed by atoms with E-state index >= 15 is 0 Å². The smallest absolute Gasteiger partial charge is 0.183 e. The molecular weight excluding hydrogens is 234 g/mol. The first-order valence-electron chi connectivity index (χ1n) is 5.79. The number of nitrogen functional groups attached to an aromatic ring is 1. The van der Waals surface area contributed by atoms with Crippen LogP contribution in [-0.2, 0) is 0 Å². The molecule has 90 valence electrons. The van der Waals surface area contributed by atoms with Crippen molar-refractivity contribution in [1.82, 2.24) is 4.98 Å². The maximum atomic E-state index is 9.21. The largest absolute Gasteiger partial charge is 0.399 e. The quantitative estimate of drug-likeness (QED) is 0.728. The van der Waals surface area contributed by atoms with E-state index in [2.05, 4.69) is 10.3 Å². The lowest BCUT2D eigenvalue weighted by molar-refractivity contribution is 0.0487. The SMILES string of the molecule is Nc1ccc2nc(NCC3CC(O)C3)sc2c1. The Bertz CT molecular complexity index is 534. The zero-order valence-electron chi connectivity index (χ0n) is 9.39. The average Bonchev–Trinajstić information content (AvgIpc) is 2.64. The number of hydrogen-bond acceptors (Lipinski definition) is 5. The monoisotopic (exact) mass is 249 g/mol. The van der Waals surface area contributed by atoms with Crippen LogP contribution in [0.3, 0.4) is 0 Å². The van der Waals surface area contributed by atoms with Crippen LogP contribution in [0.4, 0.5) is 10.8 Å². The predicted octanol–water partition coefficient (Wildman–Crippen LogP) is 2.06. The van der Waals surface area contributed by atoms with Crippen molar-refractivity contribution in [3.05, 3.63) is 18.2 Å². The molecule has 5 heteroatoms. The van der Waals surface area contributed by atoms with E-state index in [0.717, 1.165) is 40.4 Å². The van der Waals surface area contributed by atoms with Gasteiger partial charge >= 0.3 is 0 Å². The van der Waals surface area contributed by atoms with E-state index in [4.69, 9.17) is 5.73 Å². The molecule has 1 aromatic heterocycles. The van der Waals surface area contributed by atoms with Gasteiger partial charge in [0.2, 0.25) is 0 Å². The summed E-state index contributed by atoms with van der Waals surface area (Å²) < 4.78 is 1.11. The summed E-state index contributed by atoms with van der Waals surface area (Å²) in [5.74, 6) is 0.585. The summed E-state index contributed by atoms with van der Waals surface area (Å²) in [5.41, 5.74) is 7.49. The van der Waals surface area contributed by atoms with Gasteiger partial charge < -0.3 is 16.2 Å². The van der Waals surface area contributed by atoms with Gasteiger partial charge in [-0.05, 0) is 37.0 Å². The Morgan fingerprint density at radius 3 is 3.06 bits per heavy atom. The van der Waals surface area contributed by atoms with Crippen molar-refractivity contribution in [3.63, 3.8) is 0 Å². The third-order valence-corrected chi connectivity index (χ3v) is 4.14. The summed E-state index contributed by atoms with van der Waals surface area (Å²) in [6.45, 7) is 0.895. The number of nitrogens with zero attached hydrogens (tertiary/aromatic N) is 1. The zero-order valence-corrected chi connectivity index (χ0v) is 10.2. The van der Waals surface area contributed by atoms with Crippen LogP contribution < -0.4 is 11.1 Å². The number of fused-ring (bicyclic) bond motifs is 1. The summed E-state index contributed by atoms with van der Waals surface area (Å²) in [7, 11) is 0. The van der Waals surface area contributed by atoms with Crippen LogP contribution in [-0.4, -0.2) is 22.7 Å². The molecule has 0 unspecified atom stereocenters. The number of nitrogens with two attached hydrogens (primary N) is 1. The number of anilines is 2. The molecule has 2 aromatic rings. The van der Waals surface area contributed by atoms with Crippen molar-refractivity contribution in [2.45, 2.75) is 18.9 Å². The molecule has 0 saturated heterocycles. The molecule has 1 heterocycles. The van der Waals surface area contributed by atoms with Crippen LogP contribution in [0.5, 0.6) is 0 Å². The maximum Gasteiger partial charge on any atom is 0.183 e. The number of rotatable bonds is 3. The molecule has 4 nitrogen and oxygen atoms in total. The van der Waals surface area contributed by atoms with Crippen LogP contribution >= 0.6 is 11.3 Å². The number of aliphatic hydroxyl groups excluding tert-OH is 1. The molecule has 0 aliphatic heterocycles. The van der Waals surface area contributed by atoms with Gasteiger partial charge in [-0.2, -0.15) is 0 Å². The summed E-state index contributed by atoms with van der Waals surface area (Å²) in [6, 6.07) is 5.76. The molecular formula is C12H15N3OS. The minimum absolute atomic E-state index is 0.0861. The zero-order chi connectivity index (χ0) is 11.8. The highest BCUT2D eigenvalue weighted by molar-refractivity contribution is 7.22. The summed E-state index contributed by atoms with van der Waals surface area (Å²) >= 11 is 1.62. The summed E-state index contributed by atoms with van der Waals surface area (Å²) in [4.78, 5) is 4.49. The molecule has 4 N–H and O–H groups in total. The Morgan fingerprint density at radius 2 is 2.29 bits per heavy atom. The molecule has 0 spiro atoms. The molecule has 1 saturated carbocycles. The lowest BCUT2D eigenvalue weighted by Crippen LogP contribution is -2.33. The van der Waals surface area contributed by atoms with E-state index in [0.29, 0.717) is 5.92 Å². The van der Waals surface area contributed by atoms with Gasteiger partial charge in [-0.25, -0.2) is 4.98 Å². The van der Waals surface area contributed by atoms with Crippen LogP contribution in [0.15, 0.2) is 18.2 Å². The van der Waals surface area contributed by atoms with Gasteiger partial charge in [0.25, 0.3) is 0 Å². The van der Waals surface area contributed by atoms with Gasteiger partial charge in [-0.1, -0.05) is 11.3 Å². The molecule has 1 aliphatic rings. The first-order chi connectivity index (χ1) is 8.20. The number of benzene rings is 1. The van der Waals surface area contributed by atoms with Gasteiger partial charge in [0, 0.05) is 12.2 Å². The lowest BCUT2D eigenvalue weighted by Gasteiger charge is -2.31. The average molecular weight is 249 g/mol. The first kappa shape index (κ1) is 10.8. The summed E-state index contributed by atoms with van der Waals surface area (Å²) in [5, 5.41) is 13.5. The molecule has 0 amide bonds. The van der Waals surface area contributed by atoms with Crippen LogP contribution in [0.1, 0.15) is 12.8 Å². The van der Waals surface area contributed by atoms with E-state index in [1.165, 1.54) is 0 Å². The number of aliphatic hydroxyl groups is 1. The lowest BCUT2D eigenvalue weighted by atomic mass is 9.82. The fourth-order valence-electron chi connectivity index (χ4n) is 2.12. The Kier molecular flexibility index (Phi) is 2.64. The highest BCUT2D eigenvalue weighted by Gasteiger charge is 2.26. The minimum Gasteiger partial charge on any atom is -0.399 e. The normalized spacial score (nSPS) is 23.6. The van der Waals surface area contributed by atoms with Crippen molar-refractivity contribution < 1.29 is 5.11 Å². The van der Waals surface area contributed by atoms with Gasteiger partial charge in [-0.15, -0.1) is 0 Å². The van der Waals surface area contributed by atoms with E-state index in [1.807, 2.05) is 18.2 Å². The van der Waals surface area contributed by atoms with E-state index < -0.39 is 0 Å². The van der Waals surface area contributed by atoms with Gasteiger partial charge in [0.1, 0.15) is 0 Å². The molecule has 1 aliphatic carbocycles. The Hall–Kier alpha value is -1.33. The van der Waals surface area contributed by atoms with E-state index in [1.54, 1.807) is 11.3 Å². The predicted molar refractivity (Wildman–Crippen MR) is 71.3 cm³/mol. The third kappa shape index (κ3) is 2.21. The van der Waals surface area contributed by atoms with Crippen molar-refractivity contribution >= 4 is 32.4 Å². The molecule has 0 radical (unpaired) electrons. The number of aromatic nitrogens is 1. The van der Waals surface area contributed by atoms with Crippen molar-refractivity contribution in [2.75, 3.05) is 17.6 Å². The Labute approximate surface area is 103 Å². The standard InChI is InChI=1S/C12H15N3OS/c13-8-1-2-10-11(5-8)17-12(15-10)14-6-7-3-9(16)4-7/h1-2,5,7,9,16H,3-4,6,13H2,(H,14,15). The topological polar surface area (TPSA) is 71.2 Å². The molecule has 0 bridgehead atoms. The second kappa shape index (κ2) is 4.16. The molecule has 1 aromatic carbocycles. The third-order valence-electron chi connectivity index (χ3n) is 3.17. The van der Waals surface area contributed by atoms with Gasteiger partial charge in [0.05, 0.1) is 16.3 Å². The van der Waals surface area contributed by atoms with Crippen LogP contribution in [0, 0.1) is 5.92 Å². The van der Waals surface area contributed by atoms with Crippen LogP contribution in [0.2, 0.25) is 0 Å². The first-order valence-corrected chi connectivity index (χ1v) is 6.60. The number of thiazole rings is 1. The molecule has 0 atom stereocenters. The van der Waals surface area contributed by atoms with E-state index in [-0.39, 0.29) is 6.10 Å². The second-order valence-electron chi connectivity index (χ2n) is 4.62. The van der Waals surface area contributed by atoms with Gasteiger partial charge in [0.15, 0.2) is 5.13 Å². The number of hydrogen-bond donors (Lipinski definition) is 3. The van der Waals surface area contributed by atoms with Gasteiger partial charge in [-0.3, -0.25) is 0 Å². The van der Waals surface area contributed by atoms with Crippen molar-refractivity contribution in [2.24, 2.45) is 5.92 Å². The van der Waals surface area contributed by atoms with Crippen LogP contribution in [0.25, 0.3) is 10.2 Å². The maximum absolute atomic E-state index is 9.21. The fraction of sp³-hybridized carbons (Fsp3) is 0.417. The molecule has 1 fully saturated rings. The van der Waals surface area contributed by atoms with Crippen molar-refractivity contribution in [3.8, 4) is 0 Å².